The van der Waals surface area contributed by atoms with E-state index in [-0.39, 0.29) is 28.8 Å². The zero-order valence-corrected chi connectivity index (χ0v) is 20.7. The number of nitro benzene ring substituents is 1. The summed E-state index contributed by atoms with van der Waals surface area (Å²) in [6.07, 6.45) is 1.23. The monoisotopic (exact) mass is 497 g/mol. The second-order valence-electron chi connectivity index (χ2n) is 8.27. The van der Waals surface area contributed by atoms with Gasteiger partial charge < -0.3 is 25.2 Å². The van der Waals surface area contributed by atoms with Gasteiger partial charge in [0.1, 0.15) is 17.8 Å². The van der Waals surface area contributed by atoms with Crippen molar-refractivity contribution in [1.29, 1.82) is 5.41 Å². The molecule has 0 fully saturated rings. The Morgan fingerprint density at radius 2 is 1.78 bits per heavy atom. The van der Waals surface area contributed by atoms with Crippen LogP contribution in [0.4, 0.5) is 39.0 Å². The van der Waals surface area contributed by atoms with Crippen LogP contribution in [-0.4, -0.2) is 72.1 Å². The lowest BCUT2D eigenvalue weighted by Gasteiger charge is -2.22. The Hall–Kier alpha value is -4.39. The number of hydrogen-bond acceptors (Lipinski definition) is 11. The van der Waals surface area contributed by atoms with E-state index >= 15 is 0 Å². The van der Waals surface area contributed by atoms with Gasteiger partial charge in [0.05, 0.1) is 29.0 Å². The molecule has 3 rings (SSSR count). The van der Waals surface area contributed by atoms with E-state index in [0.717, 1.165) is 5.56 Å². The third-order valence-corrected chi connectivity index (χ3v) is 5.26. The second kappa shape index (κ2) is 11.4. The molecule has 3 aromatic rings. The van der Waals surface area contributed by atoms with Crippen LogP contribution in [-0.2, 0) is 0 Å². The first-order valence-electron chi connectivity index (χ1n) is 10.9. The summed E-state index contributed by atoms with van der Waals surface area (Å²) in [6, 6.07) is 7.86. The highest BCUT2D eigenvalue weighted by Crippen LogP contribution is 2.38. The molecule has 13 heteroatoms. The first-order chi connectivity index (χ1) is 17.1. The first kappa shape index (κ1) is 26.2. The molecule has 0 aliphatic carbocycles. The van der Waals surface area contributed by atoms with Crippen LogP contribution in [0.5, 0.6) is 5.75 Å². The van der Waals surface area contributed by atoms with E-state index in [4.69, 9.17) is 10.1 Å². The van der Waals surface area contributed by atoms with E-state index in [9.17, 15) is 14.5 Å². The maximum Gasteiger partial charge on any atom is 0.294 e. The van der Waals surface area contributed by atoms with Crippen LogP contribution in [0.25, 0.3) is 0 Å². The third-order valence-electron chi connectivity index (χ3n) is 5.26. The zero-order chi connectivity index (χ0) is 26.4. The van der Waals surface area contributed by atoms with E-state index in [1.807, 2.05) is 19.0 Å². The highest BCUT2D eigenvalue weighted by molar-refractivity contribution is 5.97. The van der Waals surface area contributed by atoms with Crippen LogP contribution in [0.15, 0.2) is 36.7 Å². The number of halogens is 1. The van der Waals surface area contributed by atoms with Crippen molar-refractivity contribution in [2.24, 2.45) is 0 Å². The lowest BCUT2D eigenvalue weighted by atomic mass is 10.1. The number of anilines is 5. The predicted molar refractivity (Wildman–Crippen MR) is 137 cm³/mol. The van der Waals surface area contributed by atoms with Gasteiger partial charge in [0.15, 0.2) is 0 Å². The highest BCUT2D eigenvalue weighted by atomic mass is 19.1. The average Bonchev–Trinajstić information content (AvgIpc) is 2.83. The van der Waals surface area contributed by atoms with E-state index in [0.29, 0.717) is 30.2 Å². The van der Waals surface area contributed by atoms with Crippen LogP contribution in [0.1, 0.15) is 11.1 Å². The van der Waals surface area contributed by atoms with Crippen molar-refractivity contribution in [1.82, 2.24) is 19.9 Å². The number of aromatic nitrogens is 3. The molecule has 0 saturated carbocycles. The maximum absolute atomic E-state index is 13.7. The Balaban J connectivity index is 1.91. The molecule has 1 aromatic heterocycles. The summed E-state index contributed by atoms with van der Waals surface area (Å²) >= 11 is 0. The minimum absolute atomic E-state index is 0.0659. The van der Waals surface area contributed by atoms with Gasteiger partial charge in [-0.1, -0.05) is 11.6 Å². The fraction of sp³-hybridized carbons (Fsp3) is 0.304. The molecule has 0 aliphatic rings. The number of ether oxygens (including phenoxy) is 1. The largest absolute Gasteiger partial charge is 0.494 e. The molecule has 0 atom stereocenters. The maximum atomic E-state index is 13.7. The van der Waals surface area contributed by atoms with Crippen LogP contribution < -0.4 is 20.3 Å². The van der Waals surface area contributed by atoms with Crippen molar-refractivity contribution < 1.29 is 14.1 Å². The topological polar surface area (TPSA) is 145 Å². The number of hydrogen-bond donors (Lipinski definition) is 3. The molecule has 12 nitrogen and oxygen atoms in total. The fourth-order valence-corrected chi connectivity index (χ4v) is 3.35. The molecule has 2 aromatic carbocycles. The summed E-state index contributed by atoms with van der Waals surface area (Å²) in [4.78, 5) is 27.5. The number of likely N-dealkylation sites (N-methyl/N-ethyl adjacent to an activating group) is 2. The lowest BCUT2D eigenvalue weighted by Crippen LogP contribution is -2.28. The Bertz CT molecular complexity index is 1270. The van der Waals surface area contributed by atoms with Gasteiger partial charge in [-0.15, -0.1) is 0 Å². The third kappa shape index (κ3) is 6.39. The summed E-state index contributed by atoms with van der Waals surface area (Å²) in [7, 11) is 7.09. The molecule has 190 valence electrons. The van der Waals surface area contributed by atoms with Gasteiger partial charge in [-0.2, -0.15) is 9.37 Å². The van der Waals surface area contributed by atoms with Crippen LogP contribution in [0, 0.1) is 22.4 Å². The molecule has 0 spiro atoms. The summed E-state index contributed by atoms with van der Waals surface area (Å²) in [6.45, 7) is 3.07. The van der Waals surface area contributed by atoms with Gasteiger partial charge in [0.2, 0.25) is 17.9 Å². The van der Waals surface area contributed by atoms with Gasteiger partial charge in [0, 0.05) is 32.3 Å². The lowest BCUT2D eigenvalue weighted by molar-refractivity contribution is -0.384. The van der Waals surface area contributed by atoms with E-state index in [1.54, 1.807) is 37.1 Å². The Labute approximate surface area is 207 Å². The summed E-state index contributed by atoms with van der Waals surface area (Å²) < 4.78 is 19.2. The van der Waals surface area contributed by atoms with Crippen LogP contribution in [0.3, 0.4) is 0 Å². The molecule has 0 saturated heterocycles. The number of methoxy groups -OCH3 is 1. The minimum atomic E-state index is -1.10. The van der Waals surface area contributed by atoms with Crippen molar-refractivity contribution in [3.8, 4) is 5.75 Å². The number of nitro groups is 1. The number of aryl methyl sites for hydroxylation is 1. The van der Waals surface area contributed by atoms with Crippen molar-refractivity contribution in [3.63, 3.8) is 0 Å². The predicted octanol–water partition coefficient (Wildman–Crippen LogP) is 3.88. The molecule has 0 bridgehead atoms. The zero-order valence-electron chi connectivity index (χ0n) is 20.7. The molecule has 0 amide bonds. The fourth-order valence-electron chi connectivity index (χ4n) is 3.35. The molecule has 36 heavy (non-hydrogen) atoms. The molecule has 1 heterocycles. The standard InChI is InChI=1S/C23H28FN9O3/c1-14-6-7-16(15(10-14)21(24)25)28-22-26-13-27-23(30-22)29-17-11-19(33(34)35)18(12-20(17)36-5)32(4)9-8-31(2)3/h6-7,10-13,25H,8-9H2,1-5H3,(H2,26,27,28,29,30). The smallest absolute Gasteiger partial charge is 0.294 e. The van der Waals surface area contributed by atoms with E-state index in [1.165, 1.54) is 25.6 Å². The molecular formula is C23H28FN9O3. The second-order valence-corrected chi connectivity index (χ2v) is 8.27. The van der Waals surface area contributed by atoms with E-state index < -0.39 is 10.9 Å². The number of rotatable bonds is 11. The summed E-state index contributed by atoms with van der Waals surface area (Å²) in [5.41, 5.74) is 1.74. The van der Waals surface area contributed by atoms with Crippen molar-refractivity contribution in [2.45, 2.75) is 6.92 Å². The molecular weight excluding hydrogens is 469 g/mol. The molecule has 0 aliphatic heterocycles. The number of nitrogens with zero attached hydrogens (tertiary/aromatic N) is 6. The van der Waals surface area contributed by atoms with Gasteiger partial charge in [-0.25, -0.2) is 9.97 Å². The summed E-state index contributed by atoms with van der Waals surface area (Å²) in [5, 5.41) is 25.0. The van der Waals surface area contributed by atoms with Crippen molar-refractivity contribution >= 4 is 40.6 Å². The SMILES string of the molecule is COc1cc(N(C)CCN(C)C)c([N+](=O)[O-])cc1Nc1ncnc(Nc2ccc(C)cc2C(=N)F)n1. The molecule has 3 N–H and O–H groups in total. The molecule has 0 radical (unpaired) electrons. The quantitative estimate of drug-likeness (QED) is 0.203. The van der Waals surface area contributed by atoms with Crippen LogP contribution in [0.2, 0.25) is 0 Å². The Kier molecular flexibility index (Phi) is 8.27. The first-order valence-corrected chi connectivity index (χ1v) is 10.9. The van der Waals surface area contributed by atoms with Gasteiger partial charge >= 0.3 is 0 Å². The molecule has 0 unspecified atom stereocenters. The van der Waals surface area contributed by atoms with E-state index in [2.05, 4.69) is 25.6 Å². The average molecular weight is 498 g/mol. The van der Waals surface area contributed by atoms with Gasteiger partial charge in [-0.05, 0) is 33.2 Å². The van der Waals surface area contributed by atoms with Gasteiger partial charge in [-0.3, -0.25) is 15.5 Å². The van der Waals surface area contributed by atoms with Crippen LogP contribution >= 0.6 is 0 Å². The highest BCUT2D eigenvalue weighted by Gasteiger charge is 2.22. The van der Waals surface area contributed by atoms with Crippen molar-refractivity contribution in [3.05, 3.63) is 57.9 Å². The minimum Gasteiger partial charge on any atom is -0.494 e. The Morgan fingerprint density at radius 3 is 2.36 bits per heavy atom. The van der Waals surface area contributed by atoms with Gasteiger partial charge in [0.25, 0.3) is 5.69 Å². The number of benzene rings is 2. The number of nitrogens with one attached hydrogen (secondary N) is 3. The normalized spacial score (nSPS) is 10.8. The summed E-state index contributed by atoms with van der Waals surface area (Å²) in [5.74, 6) is -0.569. The Morgan fingerprint density at radius 1 is 1.11 bits per heavy atom. The van der Waals surface area contributed by atoms with Crippen molar-refractivity contribution in [2.75, 3.05) is 56.9 Å².